The summed E-state index contributed by atoms with van der Waals surface area (Å²) in [5.74, 6) is 0.0814. The molecule has 3 saturated heterocycles. The lowest BCUT2D eigenvalue weighted by molar-refractivity contribution is -0.126. The van der Waals surface area contributed by atoms with Crippen LogP contribution in [0.4, 0.5) is 0 Å². The third kappa shape index (κ3) is 2.78. The molecule has 0 aliphatic carbocycles. The second-order valence-corrected chi connectivity index (χ2v) is 5.93. The molecule has 0 aromatic rings. The maximum Gasteiger partial charge on any atom is 0.227 e. The number of nitrogens with one attached hydrogen (secondary N) is 2. The monoisotopic (exact) mass is 268 g/mol. The molecule has 0 aromatic heterocycles. The molecular formula is C14H24N2O3. The van der Waals surface area contributed by atoms with Gasteiger partial charge in [0, 0.05) is 6.04 Å². The highest BCUT2D eigenvalue weighted by Gasteiger charge is 2.43. The average Bonchev–Trinajstić information content (AvgIpc) is 3.11. The molecule has 19 heavy (non-hydrogen) atoms. The quantitative estimate of drug-likeness (QED) is 0.759. The van der Waals surface area contributed by atoms with Crippen LogP contribution in [0.5, 0.6) is 0 Å². The second-order valence-electron chi connectivity index (χ2n) is 5.93. The Morgan fingerprint density at radius 2 is 2.16 bits per heavy atom. The lowest BCUT2D eigenvalue weighted by Crippen LogP contribution is -2.49. The van der Waals surface area contributed by atoms with Crippen molar-refractivity contribution in [3.05, 3.63) is 0 Å². The van der Waals surface area contributed by atoms with Crippen LogP contribution in [0.3, 0.4) is 0 Å². The van der Waals surface area contributed by atoms with Gasteiger partial charge in [0.25, 0.3) is 0 Å². The van der Waals surface area contributed by atoms with Gasteiger partial charge in [0.2, 0.25) is 5.91 Å². The van der Waals surface area contributed by atoms with Gasteiger partial charge < -0.3 is 20.1 Å². The van der Waals surface area contributed by atoms with E-state index in [0.29, 0.717) is 19.3 Å². The predicted molar refractivity (Wildman–Crippen MR) is 70.8 cm³/mol. The Labute approximate surface area is 114 Å². The number of amides is 1. The predicted octanol–water partition coefficient (Wildman–Crippen LogP) is 0.437. The highest BCUT2D eigenvalue weighted by molar-refractivity contribution is 5.80. The lowest BCUT2D eigenvalue weighted by atomic mass is 9.94. The summed E-state index contributed by atoms with van der Waals surface area (Å²) in [7, 11) is 0. The van der Waals surface area contributed by atoms with Crippen molar-refractivity contribution in [1.82, 2.24) is 10.6 Å². The van der Waals surface area contributed by atoms with Gasteiger partial charge in [-0.2, -0.15) is 0 Å². The highest BCUT2D eigenvalue weighted by Crippen LogP contribution is 2.34. The first-order chi connectivity index (χ1) is 9.28. The van der Waals surface area contributed by atoms with E-state index in [9.17, 15) is 4.79 Å². The smallest absolute Gasteiger partial charge is 0.227 e. The van der Waals surface area contributed by atoms with Crippen LogP contribution in [0, 0.1) is 5.92 Å². The molecule has 5 nitrogen and oxygen atoms in total. The van der Waals surface area contributed by atoms with Crippen LogP contribution in [0.1, 0.15) is 32.6 Å². The van der Waals surface area contributed by atoms with Crippen LogP contribution in [-0.2, 0) is 14.3 Å². The number of rotatable bonds is 5. The Kier molecular flexibility index (Phi) is 4.05. The van der Waals surface area contributed by atoms with Gasteiger partial charge in [0.05, 0.1) is 37.4 Å². The number of carbonyl (C=O) groups is 1. The van der Waals surface area contributed by atoms with Gasteiger partial charge in [-0.25, -0.2) is 0 Å². The largest absolute Gasteiger partial charge is 0.379 e. The molecule has 3 rings (SSSR count). The fraction of sp³-hybridized carbons (Fsp3) is 0.929. The zero-order valence-electron chi connectivity index (χ0n) is 11.6. The fourth-order valence-electron chi connectivity index (χ4n) is 3.42. The molecule has 0 radical (unpaired) electrons. The van der Waals surface area contributed by atoms with Crippen molar-refractivity contribution in [3.63, 3.8) is 0 Å². The van der Waals surface area contributed by atoms with E-state index in [0.717, 1.165) is 32.2 Å². The normalized spacial score (nSPS) is 40.8. The number of hydrogen-bond acceptors (Lipinski definition) is 4. The van der Waals surface area contributed by atoms with Crippen LogP contribution in [0.25, 0.3) is 0 Å². The zero-order valence-corrected chi connectivity index (χ0v) is 11.6. The molecule has 5 unspecified atom stereocenters. The first-order valence-corrected chi connectivity index (χ1v) is 7.55. The van der Waals surface area contributed by atoms with Gasteiger partial charge in [-0.1, -0.05) is 6.92 Å². The third-order valence-corrected chi connectivity index (χ3v) is 4.51. The first-order valence-electron chi connectivity index (χ1n) is 7.55. The molecule has 3 aliphatic heterocycles. The van der Waals surface area contributed by atoms with Crippen LogP contribution in [0.15, 0.2) is 0 Å². The highest BCUT2D eigenvalue weighted by atomic mass is 16.5. The van der Waals surface area contributed by atoms with Crippen LogP contribution < -0.4 is 10.6 Å². The Balaban J connectivity index is 1.51. The van der Waals surface area contributed by atoms with E-state index >= 15 is 0 Å². The number of hydrogen-bond donors (Lipinski definition) is 2. The van der Waals surface area contributed by atoms with Crippen molar-refractivity contribution >= 4 is 5.91 Å². The van der Waals surface area contributed by atoms with Crippen molar-refractivity contribution in [2.45, 2.75) is 56.9 Å². The van der Waals surface area contributed by atoms with Crippen LogP contribution in [-0.4, -0.2) is 50.0 Å². The second kappa shape index (κ2) is 5.77. The summed E-state index contributed by atoms with van der Waals surface area (Å²) in [6.07, 6.45) is 4.93. The number of fused-ring (bicyclic) bond motifs is 2. The van der Waals surface area contributed by atoms with Crippen molar-refractivity contribution in [3.8, 4) is 0 Å². The summed E-state index contributed by atoms with van der Waals surface area (Å²) < 4.78 is 11.2. The summed E-state index contributed by atoms with van der Waals surface area (Å²) in [5.41, 5.74) is 0. The SMILES string of the molecule is CCCNC1COCC1C(=O)NC1CC2CCC1O2. The Morgan fingerprint density at radius 3 is 2.84 bits per heavy atom. The standard InChI is InChI=1S/C14H24N2O3/c1-2-5-15-12-8-18-7-10(12)14(17)16-11-6-9-3-4-13(11)19-9/h9-13,15H,2-8H2,1H3,(H,16,17). The van der Waals surface area contributed by atoms with Gasteiger partial charge in [-0.05, 0) is 32.2 Å². The maximum atomic E-state index is 12.4. The minimum absolute atomic E-state index is 0.0503. The Morgan fingerprint density at radius 1 is 1.26 bits per heavy atom. The van der Waals surface area contributed by atoms with E-state index in [1.54, 1.807) is 0 Å². The summed E-state index contributed by atoms with van der Waals surface area (Å²) >= 11 is 0. The molecule has 0 aromatic carbocycles. The summed E-state index contributed by atoms with van der Waals surface area (Å²) in [5, 5.41) is 6.58. The van der Waals surface area contributed by atoms with Crippen LogP contribution in [0.2, 0.25) is 0 Å². The molecule has 0 spiro atoms. The van der Waals surface area contributed by atoms with Crippen molar-refractivity contribution in [2.75, 3.05) is 19.8 Å². The van der Waals surface area contributed by atoms with E-state index < -0.39 is 0 Å². The van der Waals surface area contributed by atoms with E-state index in [4.69, 9.17) is 9.47 Å². The van der Waals surface area contributed by atoms with Gasteiger partial charge in [0.1, 0.15) is 0 Å². The van der Waals surface area contributed by atoms with E-state index in [-0.39, 0.29) is 30.0 Å². The van der Waals surface area contributed by atoms with Gasteiger partial charge in [-0.3, -0.25) is 4.79 Å². The maximum absolute atomic E-state index is 12.4. The molecule has 1 amide bonds. The molecular weight excluding hydrogens is 244 g/mol. The summed E-state index contributed by atoms with van der Waals surface area (Å²) in [6, 6.07) is 0.387. The minimum Gasteiger partial charge on any atom is -0.379 e. The Bertz CT molecular complexity index is 337. The molecule has 108 valence electrons. The van der Waals surface area contributed by atoms with E-state index in [1.807, 2.05) is 0 Å². The summed E-state index contributed by atoms with van der Waals surface area (Å²) in [6.45, 7) is 4.25. The average molecular weight is 268 g/mol. The number of carbonyl (C=O) groups excluding carboxylic acids is 1. The van der Waals surface area contributed by atoms with E-state index in [2.05, 4.69) is 17.6 Å². The fourth-order valence-corrected chi connectivity index (χ4v) is 3.42. The third-order valence-electron chi connectivity index (χ3n) is 4.51. The molecule has 5 atom stereocenters. The van der Waals surface area contributed by atoms with Crippen LogP contribution >= 0.6 is 0 Å². The molecule has 2 bridgehead atoms. The van der Waals surface area contributed by atoms with Crippen molar-refractivity contribution in [1.29, 1.82) is 0 Å². The van der Waals surface area contributed by atoms with Crippen molar-refractivity contribution < 1.29 is 14.3 Å². The van der Waals surface area contributed by atoms with Crippen molar-refractivity contribution in [2.24, 2.45) is 5.92 Å². The minimum atomic E-state index is -0.0503. The molecule has 3 fully saturated rings. The van der Waals surface area contributed by atoms with E-state index in [1.165, 1.54) is 0 Å². The lowest BCUT2D eigenvalue weighted by Gasteiger charge is -2.24. The summed E-state index contributed by atoms with van der Waals surface area (Å²) in [4.78, 5) is 12.4. The molecule has 2 N–H and O–H groups in total. The molecule has 3 aliphatic rings. The Hall–Kier alpha value is -0.650. The molecule has 0 saturated carbocycles. The molecule has 5 heteroatoms. The number of ether oxygens (including phenoxy) is 2. The first kappa shape index (κ1) is 13.3. The van der Waals surface area contributed by atoms with Gasteiger partial charge in [-0.15, -0.1) is 0 Å². The topological polar surface area (TPSA) is 59.6 Å². The van der Waals surface area contributed by atoms with Gasteiger partial charge in [0.15, 0.2) is 0 Å². The van der Waals surface area contributed by atoms with Gasteiger partial charge >= 0.3 is 0 Å². The zero-order chi connectivity index (χ0) is 13.2. The molecule has 3 heterocycles.